The van der Waals surface area contributed by atoms with Gasteiger partial charge in [-0.3, -0.25) is 0 Å². The van der Waals surface area contributed by atoms with Crippen molar-refractivity contribution in [1.82, 2.24) is 15.3 Å². The van der Waals surface area contributed by atoms with Crippen LogP contribution in [-0.4, -0.2) is 63.3 Å². The number of hydrogen-bond donors (Lipinski definition) is 1. The van der Waals surface area contributed by atoms with E-state index in [9.17, 15) is 0 Å². The Balaban J connectivity index is 1.91. The number of fused-ring (bicyclic) bond motifs is 1. The molecular formula is C22H29N3O5. The lowest BCUT2D eigenvalue weighted by molar-refractivity contribution is 0.132. The normalized spacial score (nSPS) is 18.2. The predicted molar refractivity (Wildman–Crippen MR) is 114 cm³/mol. The van der Waals surface area contributed by atoms with E-state index in [1.54, 1.807) is 14.2 Å². The highest BCUT2D eigenvalue weighted by molar-refractivity contribution is 5.86. The van der Waals surface area contributed by atoms with Gasteiger partial charge in [0.1, 0.15) is 25.1 Å². The van der Waals surface area contributed by atoms with Gasteiger partial charge in [-0.05, 0) is 25.1 Å². The van der Waals surface area contributed by atoms with E-state index in [1.807, 2.05) is 38.3 Å². The molecule has 3 rings (SSSR count). The summed E-state index contributed by atoms with van der Waals surface area (Å²) in [5.41, 5.74) is 1.27. The van der Waals surface area contributed by atoms with Gasteiger partial charge in [0, 0.05) is 39.5 Å². The van der Waals surface area contributed by atoms with Crippen molar-refractivity contribution in [2.45, 2.75) is 18.9 Å². The molecule has 0 aliphatic heterocycles. The number of nitrogens with zero attached hydrogens (tertiary/aromatic N) is 2. The first-order valence-corrected chi connectivity index (χ1v) is 9.87. The third-order valence-corrected chi connectivity index (χ3v) is 4.72. The maximum atomic E-state index is 6.32. The number of methoxy groups -OCH3 is 2. The van der Waals surface area contributed by atoms with E-state index in [0.29, 0.717) is 49.3 Å². The van der Waals surface area contributed by atoms with Gasteiger partial charge in [-0.1, -0.05) is 6.08 Å². The molecule has 0 fully saturated rings. The third kappa shape index (κ3) is 5.40. The lowest BCUT2D eigenvalue weighted by Crippen LogP contribution is -2.32. The summed E-state index contributed by atoms with van der Waals surface area (Å²) in [6.07, 6.45) is 8.36. The molecule has 0 saturated heterocycles. The molecule has 0 radical (unpaired) electrons. The topological polar surface area (TPSA) is 84.0 Å². The molecule has 30 heavy (non-hydrogen) atoms. The van der Waals surface area contributed by atoms with Crippen LogP contribution < -0.4 is 19.5 Å². The van der Waals surface area contributed by atoms with Gasteiger partial charge in [0.15, 0.2) is 11.5 Å². The second-order valence-corrected chi connectivity index (χ2v) is 7.04. The molecule has 0 spiro atoms. The second kappa shape index (κ2) is 10.3. The monoisotopic (exact) mass is 415 g/mol. The Morgan fingerprint density at radius 3 is 2.30 bits per heavy atom. The molecule has 1 N–H and O–H groups in total. The average molecular weight is 415 g/mol. The van der Waals surface area contributed by atoms with Gasteiger partial charge in [-0.2, -0.15) is 0 Å². The van der Waals surface area contributed by atoms with Crippen molar-refractivity contribution in [3.63, 3.8) is 0 Å². The van der Waals surface area contributed by atoms with Gasteiger partial charge in [-0.25, -0.2) is 9.97 Å². The summed E-state index contributed by atoms with van der Waals surface area (Å²) < 4.78 is 28.2. The van der Waals surface area contributed by atoms with Gasteiger partial charge < -0.3 is 29.0 Å². The fourth-order valence-electron chi connectivity index (χ4n) is 3.01. The maximum absolute atomic E-state index is 6.32. The van der Waals surface area contributed by atoms with Crippen LogP contribution in [0, 0.1) is 0 Å². The minimum atomic E-state index is -0.508. The van der Waals surface area contributed by atoms with Gasteiger partial charge in [0.2, 0.25) is 5.88 Å². The Morgan fingerprint density at radius 1 is 1.00 bits per heavy atom. The summed E-state index contributed by atoms with van der Waals surface area (Å²) in [6, 6.07) is 3.69. The molecule has 2 aromatic rings. The number of allylic oxidation sites excluding steroid dienone is 1. The highest BCUT2D eigenvalue weighted by Crippen LogP contribution is 2.37. The Kier molecular flexibility index (Phi) is 7.48. The van der Waals surface area contributed by atoms with Crippen LogP contribution in [0.2, 0.25) is 0 Å². The van der Waals surface area contributed by atoms with Crippen molar-refractivity contribution < 1.29 is 23.7 Å². The number of aromatic nitrogens is 2. The molecule has 1 aliphatic carbocycles. The van der Waals surface area contributed by atoms with Gasteiger partial charge in [0.05, 0.1) is 24.1 Å². The third-order valence-electron chi connectivity index (χ3n) is 4.72. The molecule has 1 aliphatic rings. The molecular weight excluding hydrogens is 386 g/mol. The molecule has 1 unspecified atom stereocenters. The summed E-state index contributed by atoms with van der Waals surface area (Å²) in [5, 5.41) is 3.89. The van der Waals surface area contributed by atoms with Gasteiger partial charge >= 0.3 is 0 Å². The van der Waals surface area contributed by atoms with Crippen LogP contribution in [0.15, 0.2) is 42.4 Å². The van der Waals surface area contributed by atoms with E-state index in [2.05, 4.69) is 21.4 Å². The maximum Gasteiger partial charge on any atom is 0.225 e. The van der Waals surface area contributed by atoms with Crippen molar-refractivity contribution >= 4 is 10.9 Å². The van der Waals surface area contributed by atoms with E-state index in [4.69, 9.17) is 23.7 Å². The molecule has 8 heteroatoms. The SMILES string of the molecule is CNC1=CCC(C)(Oc2ncnc3cc(OCCOC)c(OCCOC)cc23)C=C1. The largest absolute Gasteiger partial charge is 0.487 e. The van der Waals surface area contributed by atoms with Crippen molar-refractivity contribution in [2.75, 3.05) is 47.7 Å². The highest BCUT2D eigenvalue weighted by Gasteiger charge is 2.26. The highest BCUT2D eigenvalue weighted by atomic mass is 16.5. The molecule has 0 amide bonds. The van der Waals surface area contributed by atoms with Crippen LogP contribution in [0.5, 0.6) is 17.4 Å². The summed E-state index contributed by atoms with van der Waals surface area (Å²) in [6.45, 7) is 3.76. The van der Waals surface area contributed by atoms with Crippen LogP contribution in [0.4, 0.5) is 0 Å². The number of rotatable bonds is 11. The molecule has 1 heterocycles. The van der Waals surface area contributed by atoms with Crippen molar-refractivity contribution in [1.29, 1.82) is 0 Å². The Hall–Kier alpha value is -2.84. The van der Waals surface area contributed by atoms with Crippen molar-refractivity contribution in [3.8, 4) is 17.4 Å². The fourth-order valence-corrected chi connectivity index (χ4v) is 3.01. The minimum Gasteiger partial charge on any atom is -0.487 e. The van der Waals surface area contributed by atoms with E-state index in [-0.39, 0.29) is 0 Å². The van der Waals surface area contributed by atoms with Crippen LogP contribution >= 0.6 is 0 Å². The zero-order valence-corrected chi connectivity index (χ0v) is 17.9. The smallest absolute Gasteiger partial charge is 0.225 e. The number of hydrogen-bond acceptors (Lipinski definition) is 8. The van der Waals surface area contributed by atoms with E-state index >= 15 is 0 Å². The zero-order valence-electron chi connectivity index (χ0n) is 17.9. The van der Waals surface area contributed by atoms with Gasteiger partial charge in [0.25, 0.3) is 0 Å². The average Bonchev–Trinajstić information content (AvgIpc) is 2.75. The van der Waals surface area contributed by atoms with Gasteiger partial charge in [-0.15, -0.1) is 0 Å². The lowest BCUT2D eigenvalue weighted by Gasteiger charge is -2.29. The Bertz CT molecular complexity index is 915. The molecule has 1 aromatic heterocycles. The minimum absolute atomic E-state index is 0.393. The van der Waals surface area contributed by atoms with E-state index in [0.717, 1.165) is 17.5 Å². The fraction of sp³-hybridized carbons (Fsp3) is 0.455. The zero-order chi connectivity index (χ0) is 21.4. The number of nitrogens with one attached hydrogen (secondary N) is 1. The van der Waals surface area contributed by atoms with E-state index in [1.165, 1.54) is 6.33 Å². The Morgan fingerprint density at radius 2 is 1.70 bits per heavy atom. The number of ether oxygens (including phenoxy) is 5. The molecule has 1 aromatic carbocycles. The molecule has 0 bridgehead atoms. The summed E-state index contributed by atoms with van der Waals surface area (Å²) >= 11 is 0. The van der Waals surface area contributed by atoms with Crippen LogP contribution in [-0.2, 0) is 9.47 Å². The summed E-state index contributed by atoms with van der Waals surface area (Å²) in [4.78, 5) is 8.77. The summed E-state index contributed by atoms with van der Waals surface area (Å²) in [7, 11) is 5.16. The first-order valence-electron chi connectivity index (χ1n) is 9.87. The number of likely N-dealkylation sites (N-methyl/N-ethyl adjacent to an activating group) is 1. The second-order valence-electron chi connectivity index (χ2n) is 7.04. The molecule has 1 atom stereocenters. The predicted octanol–water partition coefficient (Wildman–Crippen LogP) is 2.88. The molecule has 0 saturated carbocycles. The van der Waals surface area contributed by atoms with Crippen LogP contribution in [0.1, 0.15) is 13.3 Å². The summed E-state index contributed by atoms with van der Waals surface area (Å²) in [5.74, 6) is 1.66. The first-order chi connectivity index (χ1) is 14.6. The number of benzene rings is 1. The van der Waals surface area contributed by atoms with Crippen molar-refractivity contribution in [3.05, 3.63) is 42.4 Å². The van der Waals surface area contributed by atoms with Crippen molar-refractivity contribution in [2.24, 2.45) is 0 Å². The molecule has 8 nitrogen and oxygen atoms in total. The standard InChI is InChI=1S/C22H29N3O5/c1-22(7-5-16(23-2)6-8-22)30-21-17-13-19(28-11-9-26-3)20(29-12-10-27-4)14-18(17)24-15-25-21/h5-7,13-15,23H,8-12H2,1-4H3. The quantitative estimate of drug-likeness (QED) is 0.561. The first kappa shape index (κ1) is 21.9. The van der Waals surface area contributed by atoms with E-state index < -0.39 is 5.60 Å². The lowest BCUT2D eigenvalue weighted by atomic mass is 9.96. The molecule has 162 valence electrons. The van der Waals surface area contributed by atoms with Crippen LogP contribution in [0.25, 0.3) is 10.9 Å². The van der Waals surface area contributed by atoms with Crippen LogP contribution in [0.3, 0.4) is 0 Å². The Labute approximate surface area is 176 Å².